The molecule has 0 radical (unpaired) electrons. The Bertz CT molecular complexity index is 421. The molecule has 0 aliphatic carbocycles. The third-order valence-corrected chi connectivity index (χ3v) is 3.59. The smallest absolute Gasteiger partial charge is 0.291 e. The number of nitrogens with one attached hydrogen (secondary N) is 1. The molecule has 2 heterocycles. The minimum absolute atomic E-state index is 0.0373. The first-order valence-electron chi connectivity index (χ1n) is 6.56. The minimum atomic E-state index is -0.0373. The maximum atomic E-state index is 12.0. The maximum absolute atomic E-state index is 12.0. The fourth-order valence-electron chi connectivity index (χ4n) is 2.21. The molecule has 4 nitrogen and oxygen atoms in total. The molecule has 1 fully saturated rings. The van der Waals surface area contributed by atoms with Crippen molar-refractivity contribution in [3.05, 3.63) is 22.2 Å². The van der Waals surface area contributed by atoms with Crippen LogP contribution in [0.4, 0.5) is 5.82 Å². The van der Waals surface area contributed by atoms with Crippen molar-refractivity contribution in [3.8, 4) is 0 Å². The minimum Gasteiger partial charge on any atom is -0.352 e. The third kappa shape index (κ3) is 2.68. The second-order valence-corrected chi connectivity index (χ2v) is 4.85. The number of hydrogen-bond donors (Lipinski definition) is 1. The van der Waals surface area contributed by atoms with Gasteiger partial charge in [0.05, 0.1) is 0 Å². The van der Waals surface area contributed by atoms with Crippen LogP contribution in [-0.4, -0.2) is 23.1 Å². The summed E-state index contributed by atoms with van der Waals surface area (Å²) < 4.78 is 0. The van der Waals surface area contributed by atoms with E-state index in [0.29, 0.717) is 11.7 Å². The SMILES string of the molecule is CCC(C)c1cnc(N2CCCCC2)c(=O)[nH]1. The van der Waals surface area contributed by atoms with Gasteiger partial charge in [0.2, 0.25) is 0 Å². The molecule has 1 atom stereocenters. The molecule has 1 unspecified atom stereocenters. The molecular weight excluding hydrogens is 214 g/mol. The van der Waals surface area contributed by atoms with E-state index >= 15 is 0 Å². The zero-order chi connectivity index (χ0) is 12.3. The molecule has 1 aromatic rings. The number of aromatic amines is 1. The van der Waals surface area contributed by atoms with E-state index in [-0.39, 0.29) is 5.56 Å². The molecule has 1 aromatic heterocycles. The van der Waals surface area contributed by atoms with Gasteiger partial charge < -0.3 is 9.88 Å². The fraction of sp³-hybridized carbons (Fsp3) is 0.692. The van der Waals surface area contributed by atoms with Crippen LogP contribution in [0.3, 0.4) is 0 Å². The standard InChI is InChI=1S/C13H21N3O/c1-3-10(2)11-9-14-12(13(17)15-11)16-7-5-4-6-8-16/h9-10H,3-8H2,1-2H3,(H,15,17). The van der Waals surface area contributed by atoms with Crippen LogP contribution in [0.25, 0.3) is 0 Å². The number of nitrogens with zero attached hydrogens (tertiary/aromatic N) is 2. The van der Waals surface area contributed by atoms with Crippen LogP contribution in [0, 0.1) is 0 Å². The molecule has 0 bridgehead atoms. The Morgan fingerprint density at radius 3 is 2.71 bits per heavy atom. The molecule has 0 saturated carbocycles. The summed E-state index contributed by atoms with van der Waals surface area (Å²) in [5, 5.41) is 0. The van der Waals surface area contributed by atoms with E-state index in [1.165, 1.54) is 6.42 Å². The van der Waals surface area contributed by atoms with Crippen molar-refractivity contribution < 1.29 is 0 Å². The molecule has 17 heavy (non-hydrogen) atoms. The lowest BCUT2D eigenvalue weighted by molar-refractivity contribution is 0.570. The molecule has 2 rings (SSSR count). The van der Waals surface area contributed by atoms with Crippen LogP contribution in [0.2, 0.25) is 0 Å². The summed E-state index contributed by atoms with van der Waals surface area (Å²) in [5.74, 6) is 0.961. The van der Waals surface area contributed by atoms with Gasteiger partial charge in [0.1, 0.15) is 0 Å². The predicted molar refractivity (Wildman–Crippen MR) is 69.6 cm³/mol. The number of H-pyrrole nitrogens is 1. The van der Waals surface area contributed by atoms with Crippen molar-refractivity contribution in [1.29, 1.82) is 0 Å². The predicted octanol–water partition coefficient (Wildman–Crippen LogP) is 2.27. The monoisotopic (exact) mass is 235 g/mol. The Morgan fingerprint density at radius 2 is 2.12 bits per heavy atom. The van der Waals surface area contributed by atoms with Gasteiger partial charge in [0, 0.05) is 25.0 Å². The van der Waals surface area contributed by atoms with E-state index in [0.717, 1.165) is 38.0 Å². The molecule has 0 aromatic carbocycles. The highest BCUT2D eigenvalue weighted by Gasteiger charge is 2.16. The molecule has 4 heteroatoms. The molecule has 1 N–H and O–H groups in total. The summed E-state index contributed by atoms with van der Waals surface area (Å²) in [6.07, 6.45) is 6.42. The normalized spacial score (nSPS) is 18.1. The lowest BCUT2D eigenvalue weighted by Crippen LogP contribution is -2.35. The van der Waals surface area contributed by atoms with Crippen molar-refractivity contribution in [2.75, 3.05) is 18.0 Å². The molecule has 1 aliphatic rings. The van der Waals surface area contributed by atoms with Crippen LogP contribution in [0.5, 0.6) is 0 Å². The lowest BCUT2D eigenvalue weighted by Gasteiger charge is -2.27. The van der Waals surface area contributed by atoms with E-state index < -0.39 is 0 Å². The van der Waals surface area contributed by atoms with E-state index in [2.05, 4.69) is 28.7 Å². The van der Waals surface area contributed by atoms with Crippen molar-refractivity contribution in [2.45, 2.75) is 45.4 Å². The molecule has 1 aliphatic heterocycles. The first-order valence-corrected chi connectivity index (χ1v) is 6.56. The Balaban J connectivity index is 2.22. The van der Waals surface area contributed by atoms with E-state index in [9.17, 15) is 4.79 Å². The zero-order valence-electron chi connectivity index (χ0n) is 10.7. The van der Waals surface area contributed by atoms with Crippen LogP contribution in [0.15, 0.2) is 11.0 Å². The molecule has 94 valence electrons. The number of anilines is 1. The summed E-state index contributed by atoms with van der Waals surface area (Å²) >= 11 is 0. The van der Waals surface area contributed by atoms with Crippen LogP contribution in [0.1, 0.15) is 51.1 Å². The summed E-state index contributed by atoms with van der Waals surface area (Å²) in [6.45, 7) is 6.13. The second kappa shape index (κ2) is 5.34. The highest BCUT2D eigenvalue weighted by Crippen LogP contribution is 2.17. The highest BCUT2D eigenvalue weighted by atomic mass is 16.1. The van der Waals surface area contributed by atoms with E-state index in [1.54, 1.807) is 0 Å². The Labute approximate surface area is 102 Å². The van der Waals surface area contributed by atoms with Crippen molar-refractivity contribution in [3.63, 3.8) is 0 Å². The first kappa shape index (κ1) is 12.1. The largest absolute Gasteiger partial charge is 0.352 e. The van der Waals surface area contributed by atoms with Gasteiger partial charge in [-0.15, -0.1) is 0 Å². The van der Waals surface area contributed by atoms with Gasteiger partial charge in [-0.1, -0.05) is 13.8 Å². The first-order chi connectivity index (χ1) is 8.22. The van der Waals surface area contributed by atoms with Crippen LogP contribution < -0.4 is 10.5 Å². The number of piperidine rings is 1. The van der Waals surface area contributed by atoms with Gasteiger partial charge in [-0.3, -0.25) is 4.79 Å². The van der Waals surface area contributed by atoms with Gasteiger partial charge in [0.15, 0.2) is 5.82 Å². The van der Waals surface area contributed by atoms with Gasteiger partial charge in [-0.05, 0) is 31.6 Å². The number of aromatic nitrogens is 2. The molecule has 1 saturated heterocycles. The summed E-state index contributed by atoms with van der Waals surface area (Å²) in [4.78, 5) is 21.4. The molecule has 0 spiro atoms. The van der Waals surface area contributed by atoms with E-state index in [1.807, 2.05) is 6.20 Å². The Morgan fingerprint density at radius 1 is 1.41 bits per heavy atom. The van der Waals surface area contributed by atoms with Gasteiger partial charge in [0.25, 0.3) is 5.56 Å². The fourth-order valence-corrected chi connectivity index (χ4v) is 2.21. The van der Waals surface area contributed by atoms with Gasteiger partial charge in [-0.25, -0.2) is 4.98 Å². The Kier molecular flexibility index (Phi) is 3.82. The average molecular weight is 235 g/mol. The summed E-state index contributed by atoms with van der Waals surface area (Å²) in [6, 6.07) is 0. The molecular formula is C13H21N3O. The van der Waals surface area contributed by atoms with Gasteiger partial charge in [-0.2, -0.15) is 0 Å². The highest BCUT2D eigenvalue weighted by molar-refractivity contribution is 5.36. The maximum Gasteiger partial charge on any atom is 0.291 e. The topological polar surface area (TPSA) is 49.0 Å². The summed E-state index contributed by atoms with van der Waals surface area (Å²) in [7, 11) is 0. The van der Waals surface area contributed by atoms with Crippen molar-refractivity contribution in [2.24, 2.45) is 0 Å². The number of rotatable bonds is 3. The average Bonchev–Trinajstić information content (AvgIpc) is 2.38. The van der Waals surface area contributed by atoms with Gasteiger partial charge >= 0.3 is 0 Å². The second-order valence-electron chi connectivity index (χ2n) is 4.85. The Hall–Kier alpha value is -1.32. The van der Waals surface area contributed by atoms with Crippen molar-refractivity contribution >= 4 is 5.82 Å². The van der Waals surface area contributed by atoms with Crippen LogP contribution >= 0.6 is 0 Å². The van der Waals surface area contributed by atoms with Crippen molar-refractivity contribution in [1.82, 2.24) is 9.97 Å². The molecule has 0 amide bonds. The summed E-state index contributed by atoms with van der Waals surface area (Å²) in [5.41, 5.74) is 0.906. The quantitative estimate of drug-likeness (QED) is 0.874. The lowest BCUT2D eigenvalue weighted by atomic mass is 10.1. The third-order valence-electron chi connectivity index (χ3n) is 3.59. The van der Waals surface area contributed by atoms with Crippen LogP contribution in [-0.2, 0) is 0 Å². The zero-order valence-corrected chi connectivity index (χ0v) is 10.7. The van der Waals surface area contributed by atoms with E-state index in [4.69, 9.17) is 0 Å². The number of hydrogen-bond acceptors (Lipinski definition) is 3.